The number of rotatable bonds is 6. The Morgan fingerprint density at radius 2 is 1.55 bits per heavy atom. The van der Waals surface area contributed by atoms with Crippen molar-refractivity contribution in [1.29, 1.82) is 0 Å². The summed E-state index contributed by atoms with van der Waals surface area (Å²) >= 11 is 0. The van der Waals surface area contributed by atoms with Gasteiger partial charge in [0, 0.05) is 16.8 Å². The van der Waals surface area contributed by atoms with E-state index in [1.807, 2.05) is 62.4 Å². The second kappa shape index (κ2) is 7.34. The fourth-order valence-corrected chi connectivity index (χ4v) is 3.90. The van der Waals surface area contributed by atoms with E-state index >= 15 is 0 Å². The average Bonchev–Trinajstić information content (AvgIpc) is 2.57. The molecule has 22 heavy (non-hydrogen) atoms. The van der Waals surface area contributed by atoms with Crippen molar-refractivity contribution in [3.05, 3.63) is 71.8 Å². The maximum Gasteiger partial charge on any atom is 0.156 e. The van der Waals surface area contributed by atoms with Crippen LogP contribution in [0.5, 0.6) is 0 Å². The lowest BCUT2D eigenvalue weighted by molar-refractivity contribution is -0.122. The highest BCUT2D eigenvalue weighted by Crippen LogP contribution is 2.34. The van der Waals surface area contributed by atoms with Gasteiger partial charge in [-0.2, -0.15) is 0 Å². The van der Waals surface area contributed by atoms with Crippen molar-refractivity contribution in [2.45, 2.75) is 19.4 Å². The molecule has 2 aromatic rings. The summed E-state index contributed by atoms with van der Waals surface area (Å²) in [5.41, 5.74) is 2.24. The van der Waals surface area contributed by atoms with Gasteiger partial charge in [0.1, 0.15) is 5.60 Å². The molecular weight excluding hydrogens is 288 g/mol. The summed E-state index contributed by atoms with van der Waals surface area (Å²) in [5, 5.41) is 1.19. The summed E-state index contributed by atoms with van der Waals surface area (Å²) < 4.78 is 5.83. The maximum atomic E-state index is 11.8. The van der Waals surface area contributed by atoms with Gasteiger partial charge in [-0.15, -0.1) is 0 Å². The molecule has 1 atom stereocenters. The van der Waals surface area contributed by atoms with Crippen molar-refractivity contribution >= 4 is 27.3 Å². The van der Waals surface area contributed by atoms with E-state index in [0.29, 0.717) is 6.61 Å². The Kier molecular flexibility index (Phi) is 5.47. The number of carbonyl (C=O) groups excluding carboxylic acids is 1. The quantitative estimate of drug-likeness (QED) is 0.466. The Morgan fingerprint density at radius 3 is 2.00 bits per heavy atom. The normalized spacial score (nSPS) is 15.0. The number of hydrogen-bond acceptors (Lipinski definition) is 2. The molecule has 2 rings (SSSR count). The number of carbonyl (C=O) groups is 1. The van der Waals surface area contributed by atoms with Crippen LogP contribution in [0.2, 0.25) is 0 Å². The molecule has 0 spiro atoms. The minimum Gasteiger partial charge on any atom is -0.363 e. The van der Waals surface area contributed by atoms with E-state index in [1.165, 1.54) is 5.20 Å². The van der Waals surface area contributed by atoms with Crippen molar-refractivity contribution in [2.24, 2.45) is 0 Å². The van der Waals surface area contributed by atoms with Gasteiger partial charge in [-0.25, -0.2) is 0 Å². The molecular formula is C19H22O2Si. The zero-order valence-corrected chi connectivity index (χ0v) is 15.4. The van der Waals surface area contributed by atoms with Crippen LogP contribution < -0.4 is 0 Å². The SMILES string of the molecule is CCOC(C)(C=O)C(=C([SiH3])c1ccccc1)c1ccccc1. The van der Waals surface area contributed by atoms with Gasteiger partial charge in [0.05, 0.1) is 0 Å². The lowest BCUT2D eigenvalue weighted by atomic mass is 9.88. The summed E-state index contributed by atoms with van der Waals surface area (Å²) in [6, 6.07) is 20.3. The number of benzene rings is 2. The lowest BCUT2D eigenvalue weighted by Crippen LogP contribution is -2.33. The van der Waals surface area contributed by atoms with Gasteiger partial charge in [-0.3, -0.25) is 4.79 Å². The van der Waals surface area contributed by atoms with Crippen LogP contribution in [0.4, 0.5) is 0 Å². The molecule has 1 unspecified atom stereocenters. The van der Waals surface area contributed by atoms with Crippen LogP contribution in [0, 0.1) is 0 Å². The first-order valence-corrected chi connectivity index (χ1v) is 8.55. The zero-order valence-electron chi connectivity index (χ0n) is 13.4. The van der Waals surface area contributed by atoms with Gasteiger partial charge in [0.15, 0.2) is 6.29 Å². The fourth-order valence-electron chi connectivity index (χ4n) is 2.78. The van der Waals surface area contributed by atoms with E-state index in [2.05, 4.69) is 12.1 Å². The minimum atomic E-state index is -0.928. The smallest absolute Gasteiger partial charge is 0.156 e. The second-order valence-corrected chi connectivity index (χ2v) is 6.39. The van der Waals surface area contributed by atoms with Crippen LogP contribution in [0.25, 0.3) is 10.8 Å². The van der Waals surface area contributed by atoms with Crippen LogP contribution in [0.15, 0.2) is 60.7 Å². The first-order chi connectivity index (χ1) is 10.6. The monoisotopic (exact) mass is 310 g/mol. The van der Waals surface area contributed by atoms with Gasteiger partial charge in [-0.1, -0.05) is 65.9 Å². The van der Waals surface area contributed by atoms with Crippen molar-refractivity contribution in [3.8, 4) is 0 Å². The highest BCUT2D eigenvalue weighted by atomic mass is 28.1. The Balaban J connectivity index is 2.68. The number of aldehydes is 1. The first kappa shape index (κ1) is 16.4. The molecule has 0 bridgehead atoms. The molecule has 3 heteroatoms. The molecule has 0 heterocycles. The summed E-state index contributed by atoms with van der Waals surface area (Å²) in [6.45, 7) is 4.27. The molecule has 0 aliphatic carbocycles. The third-order valence-electron chi connectivity index (χ3n) is 3.81. The van der Waals surface area contributed by atoms with E-state index < -0.39 is 5.60 Å². The average molecular weight is 310 g/mol. The van der Waals surface area contributed by atoms with Gasteiger partial charge >= 0.3 is 0 Å². The third-order valence-corrected chi connectivity index (χ3v) is 4.89. The number of hydrogen-bond donors (Lipinski definition) is 0. The molecule has 114 valence electrons. The number of ether oxygens (including phenoxy) is 1. The Morgan fingerprint density at radius 1 is 1.05 bits per heavy atom. The van der Waals surface area contributed by atoms with E-state index in [4.69, 9.17) is 4.74 Å². The van der Waals surface area contributed by atoms with Gasteiger partial charge in [0.2, 0.25) is 0 Å². The molecule has 0 saturated carbocycles. The molecule has 0 amide bonds. The second-order valence-electron chi connectivity index (χ2n) is 5.39. The molecule has 0 radical (unpaired) electrons. The van der Waals surface area contributed by atoms with Crippen molar-refractivity contribution < 1.29 is 9.53 Å². The Labute approximate surface area is 135 Å². The summed E-state index contributed by atoms with van der Waals surface area (Å²) in [7, 11) is 0.828. The maximum absolute atomic E-state index is 11.8. The first-order valence-electron chi connectivity index (χ1n) is 7.55. The van der Waals surface area contributed by atoms with Crippen LogP contribution in [0.3, 0.4) is 0 Å². The van der Waals surface area contributed by atoms with Crippen molar-refractivity contribution in [2.75, 3.05) is 6.61 Å². The standard InChI is InChI=1S/C19H22O2Si/c1-3-21-19(2,14-20)17(15-10-6-4-7-11-15)18(22)16-12-8-5-9-13-16/h4-14H,3H2,1-2,22H3. The van der Waals surface area contributed by atoms with Crippen LogP contribution in [-0.2, 0) is 9.53 Å². The van der Waals surface area contributed by atoms with E-state index in [-0.39, 0.29) is 0 Å². The van der Waals surface area contributed by atoms with E-state index in [9.17, 15) is 4.79 Å². The molecule has 0 saturated heterocycles. The molecule has 2 nitrogen and oxygen atoms in total. The predicted octanol–water partition coefficient (Wildman–Crippen LogP) is 2.91. The zero-order chi connectivity index (χ0) is 16.0. The Bertz CT molecular complexity index is 650. The van der Waals surface area contributed by atoms with Crippen LogP contribution in [0.1, 0.15) is 25.0 Å². The van der Waals surface area contributed by atoms with Crippen LogP contribution in [-0.4, -0.2) is 28.7 Å². The minimum absolute atomic E-state index is 0.495. The van der Waals surface area contributed by atoms with Gasteiger partial charge in [0.25, 0.3) is 0 Å². The summed E-state index contributed by atoms with van der Waals surface area (Å²) in [5.74, 6) is 0. The van der Waals surface area contributed by atoms with Gasteiger partial charge in [-0.05, 0) is 30.5 Å². The lowest BCUT2D eigenvalue weighted by Gasteiger charge is -2.29. The molecule has 2 aromatic carbocycles. The molecule has 0 fully saturated rings. The molecule has 0 aliphatic rings. The topological polar surface area (TPSA) is 26.3 Å². The predicted molar refractivity (Wildman–Crippen MR) is 95.7 cm³/mol. The van der Waals surface area contributed by atoms with Crippen molar-refractivity contribution in [1.82, 2.24) is 0 Å². The molecule has 0 N–H and O–H groups in total. The highest BCUT2D eigenvalue weighted by Gasteiger charge is 2.32. The van der Waals surface area contributed by atoms with Crippen LogP contribution >= 0.6 is 0 Å². The fraction of sp³-hybridized carbons (Fsp3) is 0.211. The summed E-state index contributed by atoms with van der Waals surface area (Å²) in [4.78, 5) is 11.8. The molecule has 0 aliphatic heterocycles. The third kappa shape index (κ3) is 3.43. The molecule has 0 aromatic heterocycles. The van der Waals surface area contributed by atoms with Gasteiger partial charge < -0.3 is 4.74 Å². The van der Waals surface area contributed by atoms with Crippen molar-refractivity contribution in [3.63, 3.8) is 0 Å². The highest BCUT2D eigenvalue weighted by molar-refractivity contribution is 6.47. The summed E-state index contributed by atoms with van der Waals surface area (Å²) in [6.07, 6.45) is 0.916. The largest absolute Gasteiger partial charge is 0.363 e. The van der Waals surface area contributed by atoms with E-state index in [0.717, 1.165) is 33.2 Å². The van der Waals surface area contributed by atoms with E-state index in [1.54, 1.807) is 0 Å². The Hall–Kier alpha value is -1.97.